The maximum atomic E-state index is 12.2. The molecule has 8 heteroatoms. The minimum Gasteiger partial charge on any atom is -0.486 e. The SMILES string of the molecule is O=C(Cn1cccn1)N[C@@H]1CCOC[C@H]1Oc1ccc(C(=O)O)cc1. The first kappa shape index (κ1) is 17.0. The molecule has 0 unspecified atom stereocenters. The van der Waals surface area contributed by atoms with Crippen LogP contribution in [0, 0.1) is 0 Å². The zero-order valence-electron chi connectivity index (χ0n) is 13.5. The Balaban J connectivity index is 1.60. The Morgan fingerprint density at radius 2 is 2.16 bits per heavy atom. The Morgan fingerprint density at radius 3 is 2.84 bits per heavy atom. The summed E-state index contributed by atoms with van der Waals surface area (Å²) in [4.78, 5) is 23.1. The second-order valence-electron chi connectivity index (χ2n) is 5.73. The largest absolute Gasteiger partial charge is 0.486 e. The molecule has 132 valence electrons. The van der Waals surface area contributed by atoms with Gasteiger partial charge in [-0.05, 0) is 36.8 Å². The summed E-state index contributed by atoms with van der Waals surface area (Å²) in [5.74, 6) is -0.603. The number of nitrogens with zero attached hydrogens (tertiary/aromatic N) is 2. The van der Waals surface area contributed by atoms with Gasteiger partial charge in [0.25, 0.3) is 0 Å². The van der Waals surface area contributed by atoms with Crippen LogP contribution in [-0.2, 0) is 16.1 Å². The molecule has 1 fully saturated rings. The maximum absolute atomic E-state index is 12.2. The number of carboxylic acids is 1. The quantitative estimate of drug-likeness (QED) is 0.807. The lowest BCUT2D eigenvalue weighted by Gasteiger charge is -2.32. The molecule has 2 aromatic rings. The number of benzene rings is 1. The second kappa shape index (κ2) is 7.80. The van der Waals surface area contributed by atoms with Gasteiger partial charge >= 0.3 is 5.97 Å². The van der Waals surface area contributed by atoms with E-state index in [9.17, 15) is 9.59 Å². The molecule has 3 rings (SSSR count). The van der Waals surface area contributed by atoms with Crippen molar-refractivity contribution in [2.45, 2.75) is 25.1 Å². The average molecular weight is 345 g/mol. The van der Waals surface area contributed by atoms with Crippen molar-refractivity contribution in [1.29, 1.82) is 0 Å². The summed E-state index contributed by atoms with van der Waals surface area (Å²) in [5.41, 5.74) is 0.191. The third-order valence-electron chi connectivity index (χ3n) is 3.90. The number of nitrogens with one attached hydrogen (secondary N) is 1. The fourth-order valence-electron chi connectivity index (χ4n) is 2.64. The predicted molar refractivity (Wildman–Crippen MR) is 87.4 cm³/mol. The van der Waals surface area contributed by atoms with Crippen molar-refractivity contribution >= 4 is 11.9 Å². The molecule has 1 aromatic carbocycles. The Morgan fingerprint density at radius 1 is 1.36 bits per heavy atom. The highest BCUT2D eigenvalue weighted by Gasteiger charge is 2.29. The molecule has 8 nitrogen and oxygen atoms in total. The van der Waals surface area contributed by atoms with Gasteiger partial charge in [-0.1, -0.05) is 0 Å². The van der Waals surface area contributed by atoms with Gasteiger partial charge in [0.2, 0.25) is 5.91 Å². The number of ether oxygens (including phenoxy) is 2. The Labute approximate surface area is 144 Å². The summed E-state index contributed by atoms with van der Waals surface area (Å²) in [6, 6.07) is 7.73. The molecule has 0 saturated carbocycles. The lowest BCUT2D eigenvalue weighted by Crippen LogP contribution is -2.52. The van der Waals surface area contributed by atoms with E-state index in [4.69, 9.17) is 14.6 Å². The molecule has 2 heterocycles. The summed E-state index contributed by atoms with van der Waals surface area (Å²) >= 11 is 0. The smallest absolute Gasteiger partial charge is 0.335 e. The first-order valence-corrected chi connectivity index (χ1v) is 7.96. The van der Waals surface area contributed by atoms with Gasteiger partial charge in [0.15, 0.2) is 0 Å². The highest BCUT2D eigenvalue weighted by Crippen LogP contribution is 2.18. The number of carbonyl (C=O) groups excluding carboxylic acids is 1. The zero-order valence-corrected chi connectivity index (χ0v) is 13.5. The van der Waals surface area contributed by atoms with Crippen LogP contribution in [0.5, 0.6) is 5.75 Å². The van der Waals surface area contributed by atoms with Crippen molar-refractivity contribution < 1.29 is 24.2 Å². The van der Waals surface area contributed by atoms with E-state index < -0.39 is 5.97 Å². The van der Waals surface area contributed by atoms with Crippen LogP contribution < -0.4 is 10.1 Å². The van der Waals surface area contributed by atoms with Crippen LogP contribution in [-0.4, -0.2) is 52.1 Å². The highest BCUT2D eigenvalue weighted by molar-refractivity contribution is 5.87. The molecule has 0 aliphatic carbocycles. The Bertz CT molecular complexity index is 714. The number of hydrogen-bond acceptors (Lipinski definition) is 5. The van der Waals surface area contributed by atoms with Gasteiger partial charge in [-0.3, -0.25) is 9.48 Å². The van der Waals surface area contributed by atoms with Gasteiger partial charge in [0.1, 0.15) is 18.4 Å². The predicted octanol–water partition coefficient (Wildman–Crippen LogP) is 0.934. The molecular formula is C17H19N3O5. The summed E-state index contributed by atoms with van der Waals surface area (Å²) in [6.45, 7) is 1.04. The van der Waals surface area contributed by atoms with Crippen LogP contribution in [0.4, 0.5) is 0 Å². The molecule has 0 radical (unpaired) electrons. The highest BCUT2D eigenvalue weighted by atomic mass is 16.5. The lowest BCUT2D eigenvalue weighted by molar-refractivity contribution is -0.124. The van der Waals surface area contributed by atoms with Gasteiger partial charge in [-0.25, -0.2) is 4.79 Å². The van der Waals surface area contributed by atoms with Gasteiger partial charge < -0.3 is 19.9 Å². The van der Waals surface area contributed by atoms with Gasteiger partial charge in [0, 0.05) is 19.0 Å². The van der Waals surface area contributed by atoms with Crippen molar-refractivity contribution in [3.8, 4) is 5.75 Å². The zero-order chi connectivity index (χ0) is 17.6. The van der Waals surface area contributed by atoms with Gasteiger partial charge in [0.05, 0.1) is 18.2 Å². The molecule has 0 bridgehead atoms. The van der Waals surface area contributed by atoms with Crippen molar-refractivity contribution in [1.82, 2.24) is 15.1 Å². The molecule has 0 spiro atoms. The number of aromatic nitrogens is 2. The number of hydrogen-bond donors (Lipinski definition) is 2. The topological polar surface area (TPSA) is 103 Å². The van der Waals surface area contributed by atoms with E-state index in [0.29, 0.717) is 25.4 Å². The fraction of sp³-hybridized carbons (Fsp3) is 0.353. The van der Waals surface area contributed by atoms with Crippen molar-refractivity contribution in [3.05, 3.63) is 48.3 Å². The molecular weight excluding hydrogens is 326 g/mol. The van der Waals surface area contributed by atoms with E-state index in [1.165, 1.54) is 12.1 Å². The van der Waals surface area contributed by atoms with Crippen LogP contribution in [0.3, 0.4) is 0 Å². The van der Waals surface area contributed by atoms with Crippen molar-refractivity contribution in [3.63, 3.8) is 0 Å². The van der Waals surface area contributed by atoms with Gasteiger partial charge in [-0.2, -0.15) is 5.10 Å². The van der Waals surface area contributed by atoms with Crippen LogP contribution in [0.2, 0.25) is 0 Å². The number of carbonyl (C=O) groups is 2. The molecule has 1 aliphatic heterocycles. The van der Waals surface area contributed by atoms with E-state index >= 15 is 0 Å². The van der Waals surface area contributed by atoms with Crippen LogP contribution >= 0.6 is 0 Å². The van der Waals surface area contributed by atoms with E-state index in [2.05, 4.69) is 10.4 Å². The minimum atomic E-state index is -0.990. The molecule has 1 aliphatic rings. The van der Waals surface area contributed by atoms with Crippen LogP contribution in [0.25, 0.3) is 0 Å². The first-order chi connectivity index (χ1) is 12.1. The summed E-state index contributed by atoms with van der Waals surface area (Å²) < 4.78 is 12.9. The summed E-state index contributed by atoms with van der Waals surface area (Å²) in [6.07, 6.45) is 3.64. The first-order valence-electron chi connectivity index (χ1n) is 7.96. The molecule has 2 N–H and O–H groups in total. The normalized spacial score (nSPS) is 20.0. The third-order valence-corrected chi connectivity index (χ3v) is 3.90. The Hall–Kier alpha value is -2.87. The molecule has 2 atom stereocenters. The summed E-state index contributed by atoms with van der Waals surface area (Å²) in [5, 5.41) is 15.9. The average Bonchev–Trinajstić information content (AvgIpc) is 3.10. The Kier molecular flexibility index (Phi) is 5.30. The van der Waals surface area contributed by atoms with E-state index in [0.717, 1.165) is 0 Å². The second-order valence-corrected chi connectivity index (χ2v) is 5.73. The van der Waals surface area contributed by atoms with Crippen molar-refractivity contribution in [2.24, 2.45) is 0 Å². The van der Waals surface area contributed by atoms with E-state index in [1.807, 2.05) is 0 Å². The maximum Gasteiger partial charge on any atom is 0.335 e. The van der Waals surface area contributed by atoms with E-state index in [1.54, 1.807) is 35.3 Å². The standard InChI is InChI=1S/C17H19N3O5/c21-16(10-20-8-1-7-18-20)19-14-6-9-24-11-15(14)25-13-4-2-12(3-5-13)17(22)23/h1-5,7-8,14-15H,6,9-11H2,(H,19,21)(H,22,23)/t14-,15-/m1/s1. The van der Waals surface area contributed by atoms with E-state index in [-0.39, 0.29) is 30.2 Å². The molecule has 1 saturated heterocycles. The number of carboxylic acid groups (broad SMARTS) is 1. The molecule has 25 heavy (non-hydrogen) atoms. The monoisotopic (exact) mass is 345 g/mol. The fourth-order valence-corrected chi connectivity index (χ4v) is 2.64. The number of amides is 1. The number of aromatic carboxylic acids is 1. The van der Waals surface area contributed by atoms with Gasteiger partial charge in [-0.15, -0.1) is 0 Å². The van der Waals surface area contributed by atoms with Crippen LogP contribution in [0.15, 0.2) is 42.7 Å². The lowest BCUT2D eigenvalue weighted by atomic mass is 10.1. The summed E-state index contributed by atoms with van der Waals surface area (Å²) in [7, 11) is 0. The molecule has 1 aromatic heterocycles. The minimum absolute atomic E-state index is 0.143. The number of rotatable bonds is 6. The van der Waals surface area contributed by atoms with Crippen LogP contribution in [0.1, 0.15) is 16.8 Å². The van der Waals surface area contributed by atoms with Crippen molar-refractivity contribution in [2.75, 3.05) is 13.2 Å². The molecule has 1 amide bonds. The third kappa shape index (κ3) is 4.57.